The van der Waals surface area contributed by atoms with Crippen molar-refractivity contribution in [3.05, 3.63) is 347 Å². The number of benzene rings is 12. The quantitative estimate of drug-likeness (QED) is 0.150. The molecule has 0 bridgehead atoms. The van der Waals surface area contributed by atoms with Gasteiger partial charge in [-0.3, -0.25) is 0 Å². The van der Waals surface area contributed by atoms with E-state index in [0.717, 1.165) is 61.6 Å². The summed E-state index contributed by atoms with van der Waals surface area (Å²) in [5, 5.41) is 0. The van der Waals surface area contributed by atoms with E-state index in [4.69, 9.17) is 4.11 Å². The second kappa shape index (κ2) is 17.1. The molecule has 0 N–H and O–H groups in total. The molecule has 0 fully saturated rings. The summed E-state index contributed by atoms with van der Waals surface area (Å²) in [6, 6.07) is 92.9. The average Bonchev–Trinajstić information content (AvgIpc) is 1.54. The molecule has 0 heterocycles. The Morgan fingerprint density at radius 3 is 1.24 bits per heavy atom. The Morgan fingerprint density at radius 1 is 0.278 bits per heavy atom. The lowest BCUT2D eigenvalue weighted by molar-refractivity contribution is 0.660. The summed E-state index contributed by atoms with van der Waals surface area (Å²) in [7, 11) is 0. The minimum absolute atomic E-state index is 0.0861. The largest absolute Gasteiger partial charge is 0.310 e. The van der Waals surface area contributed by atoms with Crippen LogP contribution in [0.2, 0.25) is 0 Å². The van der Waals surface area contributed by atoms with Crippen molar-refractivity contribution in [3.63, 3.8) is 0 Å². The van der Waals surface area contributed by atoms with Crippen molar-refractivity contribution in [2.45, 2.75) is 30.1 Å². The van der Waals surface area contributed by atoms with Crippen molar-refractivity contribution in [2.24, 2.45) is 0 Å². The summed E-state index contributed by atoms with van der Waals surface area (Å²) in [5.41, 5.74) is 24.1. The summed E-state index contributed by atoms with van der Waals surface area (Å²) < 4.78 is 45.0. The minimum atomic E-state index is -0.847. The number of para-hydroxylation sites is 2. The summed E-state index contributed by atoms with van der Waals surface area (Å²) in [6.07, 6.45) is 0. The van der Waals surface area contributed by atoms with E-state index in [2.05, 4.69) is 243 Å². The summed E-state index contributed by atoms with van der Waals surface area (Å²) in [4.78, 5) is 4.36. The van der Waals surface area contributed by atoms with Gasteiger partial charge in [0.2, 0.25) is 0 Å². The molecule has 0 amide bonds. The van der Waals surface area contributed by atoms with Gasteiger partial charge >= 0.3 is 0 Å². The Bertz CT molecular complexity index is 4650. The predicted molar refractivity (Wildman–Crippen MR) is 327 cm³/mol. The molecule has 0 aromatic heterocycles. The van der Waals surface area contributed by atoms with Crippen molar-refractivity contribution >= 4 is 34.1 Å². The van der Waals surface area contributed by atoms with Gasteiger partial charge in [0, 0.05) is 39.4 Å². The summed E-state index contributed by atoms with van der Waals surface area (Å²) >= 11 is 0. The van der Waals surface area contributed by atoms with E-state index < -0.39 is 16.9 Å². The highest BCUT2D eigenvalue weighted by Crippen LogP contribution is 2.65. The van der Waals surface area contributed by atoms with Gasteiger partial charge in [0.1, 0.15) is 0 Å². The first-order valence-corrected chi connectivity index (χ1v) is 27.3. The molecule has 0 saturated carbocycles. The maximum Gasteiger partial charge on any atom is 0.0727 e. The number of nitrogens with zero attached hydrogens (tertiary/aromatic N) is 2. The number of fused-ring (bicyclic) bond motifs is 16. The highest BCUT2D eigenvalue weighted by atomic mass is 15.2. The van der Waals surface area contributed by atoms with Crippen LogP contribution in [0.15, 0.2) is 291 Å². The van der Waals surface area contributed by atoms with Gasteiger partial charge in [-0.05, 0) is 161 Å². The fraction of sp³-hybridized carbons (Fsp3) is 0.0649. The number of hydrogen-bond acceptors (Lipinski definition) is 2. The van der Waals surface area contributed by atoms with Gasteiger partial charge < -0.3 is 9.80 Å². The SMILES string of the molecule is [2H]c1c([2H])c([2H])c(N(c2ccccc2)c2ccc3c(c2)C2(c4ccccc4-c4ccc(N(c5ccc6c(c5)C(C)(C)c5ccccc5-6)c5cccc6c5-c5ccccc5C6(c5ccccc5)c5ccccc5)cc42)c2ccccc2-3)c([2H])c1[2H]. The smallest absolute Gasteiger partial charge is 0.0727 e. The lowest BCUT2D eigenvalue weighted by Gasteiger charge is -2.35. The first kappa shape index (κ1) is 40.5. The van der Waals surface area contributed by atoms with Gasteiger partial charge in [-0.15, -0.1) is 0 Å². The molecule has 0 aliphatic heterocycles. The standard InChI is InChI=1S/C77H54N2/c1-75(2)65-36-19-15-32-58(65)61-45-43-56(48-70(61)75)79(73-41-23-40-69-74(73)64-35-18-22-39-68(64)76(69,51-24-7-3-8-25-51)52-26-9-4-10-27-52)57-44-47-63-60-34-17-21-38-67(60)77(72(63)50-57)66-37-20-16-33-59(66)62-46-42-55(49-71(62)77)78(53-28-11-5-12-29-53)54-30-13-6-14-31-54/h3-50H,1-2H3/i5D,11D,12D,28D,29D. The monoisotopic (exact) mass is 1010 g/mol. The van der Waals surface area contributed by atoms with Crippen molar-refractivity contribution in [3.8, 4) is 44.5 Å². The second-order valence-electron chi connectivity index (χ2n) is 21.9. The molecular weight excluding hydrogens is 953 g/mol. The van der Waals surface area contributed by atoms with Gasteiger partial charge in [0.25, 0.3) is 0 Å². The molecule has 12 aromatic carbocycles. The van der Waals surface area contributed by atoms with E-state index in [-0.39, 0.29) is 35.3 Å². The molecule has 4 aliphatic carbocycles. The molecule has 0 radical (unpaired) electrons. The minimum Gasteiger partial charge on any atom is -0.310 e. The zero-order valence-electron chi connectivity index (χ0n) is 48.7. The van der Waals surface area contributed by atoms with Gasteiger partial charge in [-0.2, -0.15) is 0 Å². The first-order valence-electron chi connectivity index (χ1n) is 29.8. The van der Waals surface area contributed by atoms with Crippen LogP contribution in [0.25, 0.3) is 44.5 Å². The molecule has 1 unspecified atom stereocenters. The van der Waals surface area contributed by atoms with Crippen molar-refractivity contribution in [1.82, 2.24) is 0 Å². The Kier molecular flexibility index (Phi) is 8.77. The van der Waals surface area contributed by atoms with E-state index >= 15 is 0 Å². The van der Waals surface area contributed by atoms with E-state index in [1.54, 1.807) is 0 Å². The fourth-order valence-corrected chi connectivity index (χ4v) is 14.7. The van der Waals surface area contributed by atoms with Crippen molar-refractivity contribution < 1.29 is 6.85 Å². The third-order valence-electron chi connectivity index (χ3n) is 17.8. The van der Waals surface area contributed by atoms with Crippen LogP contribution in [0.1, 0.15) is 76.3 Å². The molecular formula is C77H54N2. The summed E-state index contributed by atoms with van der Waals surface area (Å²) in [6.45, 7) is 4.71. The van der Waals surface area contributed by atoms with E-state index in [1.807, 2.05) is 41.3 Å². The molecule has 1 spiro atoms. The molecule has 4 aliphatic rings. The second-order valence-corrected chi connectivity index (χ2v) is 21.9. The molecule has 2 heteroatoms. The van der Waals surface area contributed by atoms with Gasteiger partial charge in [-0.25, -0.2) is 0 Å². The zero-order valence-corrected chi connectivity index (χ0v) is 43.7. The normalized spacial score (nSPS) is 16.6. The third-order valence-corrected chi connectivity index (χ3v) is 17.8. The van der Waals surface area contributed by atoms with Crippen LogP contribution < -0.4 is 9.80 Å². The van der Waals surface area contributed by atoms with Gasteiger partial charge in [0.15, 0.2) is 0 Å². The van der Waals surface area contributed by atoms with Crippen molar-refractivity contribution in [1.29, 1.82) is 0 Å². The molecule has 0 saturated heterocycles. The predicted octanol–water partition coefficient (Wildman–Crippen LogP) is 19.6. The average molecular weight is 1010 g/mol. The zero-order chi connectivity index (χ0) is 56.8. The highest BCUT2D eigenvalue weighted by Gasteiger charge is 2.53. The van der Waals surface area contributed by atoms with Crippen LogP contribution in [0.5, 0.6) is 0 Å². The topological polar surface area (TPSA) is 6.48 Å². The van der Waals surface area contributed by atoms with E-state index in [9.17, 15) is 2.74 Å². The van der Waals surface area contributed by atoms with E-state index in [0.29, 0.717) is 11.4 Å². The Balaban J connectivity index is 0.983. The Morgan fingerprint density at radius 2 is 0.684 bits per heavy atom. The molecule has 12 aromatic rings. The van der Waals surface area contributed by atoms with Gasteiger partial charge in [0.05, 0.1) is 23.4 Å². The third kappa shape index (κ3) is 6.23. The van der Waals surface area contributed by atoms with Crippen LogP contribution in [-0.4, -0.2) is 0 Å². The van der Waals surface area contributed by atoms with Crippen molar-refractivity contribution in [2.75, 3.05) is 9.80 Å². The van der Waals surface area contributed by atoms with Crippen LogP contribution in [0.4, 0.5) is 34.1 Å². The lowest BCUT2D eigenvalue weighted by Crippen LogP contribution is -2.28. The molecule has 16 rings (SSSR count). The summed E-state index contributed by atoms with van der Waals surface area (Å²) in [5.74, 6) is 0. The number of rotatable bonds is 8. The van der Waals surface area contributed by atoms with E-state index in [1.165, 1.54) is 55.6 Å². The number of hydrogen-bond donors (Lipinski definition) is 0. The maximum absolute atomic E-state index is 9.36. The lowest BCUT2D eigenvalue weighted by atomic mass is 9.68. The fourth-order valence-electron chi connectivity index (χ4n) is 14.7. The van der Waals surface area contributed by atoms with Crippen LogP contribution >= 0.6 is 0 Å². The van der Waals surface area contributed by atoms with Gasteiger partial charge in [-0.1, -0.05) is 238 Å². The maximum atomic E-state index is 9.36. The molecule has 1 atom stereocenters. The Hall–Kier alpha value is -9.76. The first-order chi connectivity index (χ1) is 41.0. The van der Waals surface area contributed by atoms with Crippen LogP contribution in [0.3, 0.4) is 0 Å². The number of anilines is 6. The Labute approximate surface area is 469 Å². The molecule has 2 nitrogen and oxygen atoms in total. The highest BCUT2D eigenvalue weighted by molar-refractivity contribution is 6.01. The van der Waals surface area contributed by atoms with Crippen LogP contribution in [0, 0.1) is 0 Å². The molecule has 372 valence electrons. The molecule has 79 heavy (non-hydrogen) atoms. The van der Waals surface area contributed by atoms with Crippen LogP contribution in [-0.2, 0) is 16.2 Å².